The summed E-state index contributed by atoms with van der Waals surface area (Å²) in [6, 6.07) is 21.4. The highest BCUT2D eigenvalue weighted by molar-refractivity contribution is 6.42. The first-order valence-electron chi connectivity index (χ1n) is 11.4. The van der Waals surface area contributed by atoms with Gasteiger partial charge >= 0.3 is 0 Å². The van der Waals surface area contributed by atoms with Gasteiger partial charge in [0, 0.05) is 24.5 Å². The summed E-state index contributed by atoms with van der Waals surface area (Å²) in [4.78, 5) is 17.1. The number of para-hydroxylation sites is 2. The second-order valence-corrected chi connectivity index (χ2v) is 9.50. The van der Waals surface area contributed by atoms with E-state index in [1.807, 2.05) is 54.6 Å². The van der Waals surface area contributed by atoms with E-state index >= 15 is 0 Å². The van der Waals surface area contributed by atoms with Crippen molar-refractivity contribution in [2.24, 2.45) is 0 Å². The van der Waals surface area contributed by atoms with Crippen LogP contribution in [0.5, 0.6) is 0 Å². The maximum Gasteiger partial charge on any atom is 0.224 e. The molecule has 1 amide bonds. The van der Waals surface area contributed by atoms with E-state index in [0.29, 0.717) is 34.6 Å². The van der Waals surface area contributed by atoms with Gasteiger partial charge in [0.1, 0.15) is 5.82 Å². The van der Waals surface area contributed by atoms with Crippen molar-refractivity contribution >= 4 is 51.7 Å². The van der Waals surface area contributed by atoms with Crippen LogP contribution in [0, 0.1) is 0 Å². The van der Waals surface area contributed by atoms with E-state index in [-0.39, 0.29) is 5.91 Å². The third kappa shape index (κ3) is 6.32. The lowest BCUT2D eigenvalue weighted by atomic mass is 10.1. The van der Waals surface area contributed by atoms with E-state index in [1.54, 1.807) is 6.07 Å². The molecule has 0 radical (unpaired) electrons. The van der Waals surface area contributed by atoms with Crippen molar-refractivity contribution in [3.8, 4) is 0 Å². The molecule has 176 valence electrons. The minimum Gasteiger partial charge on any atom is -0.356 e. The second kappa shape index (κ2) is 11.7. The molecule has 0 unspecified atom stereocenters. The zero-order valence-corrected chi connectivity index (χ0v) is 21.0. The molecule has 3 aromatic carbocycles. The highest BCUT2D eigenvalue weighted by Gasteiger charge is 2.12. The standard InChI is InChI=1S/C27H26Cl3N3O/c28-21-9-4-3-8-20(21)17-27(34)31-15-7-1-2-12-26-32-24-10-5-6-11-25(24)33(26)18-19-13-14-22(29)23(30)16-19/h3-6,8-11,13-14,16H,1-2,7,12,15,17-18H2,(H,31,34). The molecule has 0 atom stereocenters. The topological polar surface area (TPSA) is 46.9 Å². The summed E-state index contributed by atoms with van der Waals surface area (Å²) in [6.45, 7) is 1.34. The number of hydrogen-bond donors (Lipinski definition) is 1. The van der Waals surface area contributed by atoms with Crippen molar-refractivity contribution in [3.05, 3.63) is 98.7 Å². The molecule has 4 aromatic rings. The smallest absolute Gasteiger partial charge is 0.224 e. The Morgan fingerprint density at radius 1 is 0.853 bits per heavy atom. The van der Waals surface area contributed by atoms with Gasteiger partial charge in [0.25, 0.3) is 0 Å². The maximum atomic E-state index is 12.2. The number of fused-ring (bicyclic) bond motifs is 1. The molecule has 0 saturated heterocycles. The molecule has 1 aromatic heterocycles. The molecular weight excluding hydrogens is 489 g/mol. The van der Waals surface area contributed by atoms with Crippen molar-refractivity contribution in [2.45, 2.75) is 38.6 Å². The molecule has 0 spiro atoms. The minimum absolute atomic E-state index is 0.00322. The fraction of sp³-hybridized carbons (Fsp3) is 0.259. The van der Waals surface area contributed by atoms with Gasteiger partial charge < -0.3 is 9.88 Å². The van der Waals surface area contributed by atoms with Gasteiger partial charge in [-0.3, -0.25) is 4.79 Å². The number of halogens is 3. The lowest BCUT2D eigenvalue weighted by Crippen LogP contribution is -2.26. The first kappa shape index (κ1) is 24.6. The summed E-state index contributed by atoms with van der Waals surface area (Å²) in [5, 5.41) is 4.73. The van der Waals surface area contributed by atoms with Crippen LogP contribution in [0.25, 0.3) is 11.0 Å². The number of hydrogen-bond acceptors (Lipinski definition) is 2. The lowest BCUT2D eigenvalue weighted by molar-refractivity contribution is -0.120. The Hall–Kier alpha value is -2.53. The molecule has 7 heteroatoms. The number of nitrogens with one attached hydrogen (secondary N) is 1. The monoisotopic (exact) mass is 513 g/mol. The van der Waals surface area contributed by atoms with Crippen LogP contribution in [0.3, 0.4) is 0 Å². The Balaban J connectivity index is 1.30. The van der Waals surface area contributed by atoms with Crippen molar-refractivity contribution < 1.29 is 4.79 Å². The fourth-order valence-corrected chi connectivity index (χ4v) is 4.53. The molecule has 0 fully saturated rings. The Morgan fingerprint density at radius 3 is 2.47 bits per heavy atom. The average molecular weight is 515 g/mol. The van der Waals surface area contributed by atoms with Crippen LogP contribution in [0.15, 0.2) is 66.7 Å². The number of nitrogens with zero attached hydrogens (tertiary/aromatic N) is 2. The van der Waals surface area contributed by atoms with Crippen LogP contribution in [0.1, 0.15) is 36.2 Å². The van der Waals surface area contributed by atoms with E-state index in [4.69, 9.17) is 39.8 Å². The minimum atomic E-state index is -0.00322. The van der Waals surface area contributed by atoms with E-state index in [1.165, 1.54) is 0 Å². The third-order valence-electron chi connectivity index (χ3n) is 5.77. The molecule has 4 nitrogen and oxygen atoms in total. The molecule has 4 rings (SSSR count). The van der Waals surface area contributed by atoms with Crippen LogP contribution in [0.4, 0.5) is 0 Å². The van der Waals surface area contributed by atoms with Gasteiger partial charge in [-0.15, -0.1) is 0 Å². The lowest BCUT2D eigenvalue weighted by Gasteiger charge is -2.11. The number of unbranched alkanes of at least 4 members (excludes halogenated alkanes) is 2. The number of rotatable bonds is 10. The Bertz CT molecular complexity index is 1290. The predicted molar refractivity (Wildman–Crippen MR) is 141 cm³/mol. The van der Waals surface area contributed by atoms with Gasteiger partial charge in [-0.2, -0.15) is 0 Å². The molecule has 1 heterocycles. The summed E-state index contributed by atoms with van der Waals surface area (Å²) in [5.41, 5.74) is 4.03. The van der Waals surface area contributed by atoms with Crippen LogP contribution >= 0.6 is 34.8 Å². The highest BCUT2D eigenvalue weighted by atomic mass is 35.5. The van der Waals surface area contributed by atoms with Crippen LogP contribution in [-0.2, 0) is 24.2 Å². The van der Waals surface area contributed by atoms with Gasteiger partial charge in [0.2, 0.25) is 5.91 Å². The molecule has 0 saturated carbocycles. The summed E-state index contributed by atoms with van der Waals surface area (Å²) >= 11 is 18.4. The SMILES string of the molecule is O=C(Cc1ccccc1Cl)NCCCCCc1nc2ccccc2n1Cc1ccc(Cl)c(Cl)c1. The van der Waals surface area contributed by atoms with E-state index < -0.39 is 0 Å². The quantitative estimate of drug-likeness (QED) is 0.229. The number of amides is 1. The average Bonchev–Trinajstić information content (AvgIpc) is 3.17. The zero-order valence-electron chi connectivity index (χ0n) is 18.7. The molecule has 0 aliphatic heterocycles. The first-order chi connectivity index (χ1) is 16.5. The molecule has 0 aliphatic carbocycles. The van der Waals surface area contributed by atoms with Gasteiger partial charge in [-0.25, -0.2) is 4.98 Å². The van der Waals surface area contributed by atoms with Crippen molar-refractivity contribution in [1.29, 1.82) is 0 Å². The number of carbonyl (C=O) groups is 1. The van der Waals surface area contributed by atoms with E-state index in [2.05, 4.69) is 16.0 Å². The first-order valence-corrected chi connectivity index (χ1v) is 12.5. The molecule has 34 heavy (non-hydrogen) atoms. The normalized spacial score (nSPS) is 11.1. The number of aryl methyl sites for hydroxylation is 1. The zero-order chi connectivity index (χ0) is 23.9. The van der Waals surface area contributed by atoms with Gasteiger partial charge in [0.05, 0.1) is 27.5 Å². The number of imidazole rings is 1. The summed E-state index contributed by atoms with van der Waals surface area (Å²) < 4.78 is 2.25. The maximum absolute atomic E-state index is 12.2. The second-order valence-electron chi connectivity index (χ2n) is 8.28. The number of carbonyl (C=O) groups excluding carboxylic acids is 1. The van der Waals surface area contributed by atoms with E-state index in [9.17, 15) is 4.79 Å². The van der Waals surface area contributed by atoms with Crippen LogP contribution in [0.2, 0.25) is 15.1 Å². The molecule has 0 aliphatic rings. The molecule has 0 bridgehead atoms. The predicted octanol–water partition coefficient (Wildman–Crippen LogP) is 7.12. The van der Waals surface area contributed by atoms with Crippen LogP contribution in [-0.4, -0.2) is 22.0 Å². The van der Waals surface area contributed by atoms with Gasteiger partial charge in [-0.1, -0.05) is 77.6 Å². The van der Waals surface area contributed by atoms with Crippen molar-refractivity contribution in [1.82, 2.24) is 14.9 Å². The Labute approximate surface area is 214 Å². The molecule has 1 N–H and O–H groups in total. The summed E-state index contributed by atoms with van der Waals surface area (Å²) in [7, 11) is 0. The largest absolute Gasteiger partial charge is 0.356 e. The van der Waals surface area contributed by atoms with E-state index in [0.717, 1.165) is 53.7 Å². The Kier molecular flexibility index (Phi) is 8.49. The summed E-state index contributed by atoms with van der Waals surface area (Å²) in [6.07, 6.45) is 4.08. The third-order valence-corrected chi connectivity index (χ3v) is 6.87. The van der Waals surface area contributed by atoms with Crippen molar-refractivity contribution in [3.63, 3.8) is 0 Å². The Morgan fingerprint density at radius 2 is 1.65 bits per heavy atom. The van der Waals surface area contributed by atoms with Crippen LogP contribution < -0.4 is 5.32 Å². The fourth-order valence-electron chi connectivity index (χ4n) is 4.00. The number of aromatic nitrogens is 2. The molecular formula is C27H26Cl3N3O. The van der Waals surface area contributed by atoms with Gasteiger partial charge in [0.15, 0.2) is 0 Å². The highest BCUT2D eigenvalue weighted by Crippen LogP contribution is 2.25. The van der Waals surface area contributed by atoms with Crippen molar-refractivity contribution in [2.75, 3.05) is 6.54 Å². The number of benzene rings is 3. The van der Waals surface area contributed by atoms with Gasteiger partial charge in [-0.05, 0) is 54.3 Å². The summed E-state index contributed by atoms with van der Waals surface area (Å²) in [5.74, 6) is 1.05.